The normalized spacial score (nSPS) is 22.0. The van der Waals surface area contributed by atoms with Crippen LogP contribution in [0.15, 0.2) is 36.4 Å². The second kappa shape index (κ2) is 15.7. The molecule has 4 heterocycles. The van der Waals surface area contributed by atoms with Crippen molar-refractivity contribution < 1.29 is 29.0 Å². The number of Topliss-reactive ketones (excluding diaryl/α,β-unsaturated/α-hetero) is 1. The minimum atomic E-state index is -0.846. The maximum Gasteiger partial charge on any atom is 0.335 e. The lowest BCUT2D eigenvalue weighted by atomic mass is 9.75. The van der Waals surface area contributed by atoms with Gasteiger partial charge in [0.15, 0.2) is 5.78 Å². The highest BCUT2D eigenvalue weighted by molar-refractivity contribution is 6.01. The van der Waals surface area contributed by atoms with Crippen molar-refractivity contribution in [3.05, 3.63) is 70.0 Å². The Morgan fingerprint density at radius 2 is 1.17 bits per heavy atom. The fraction of sp³-hybridized carbons (Fsp3) is 0.578. The van der Waals surface area contributed by atoms with Crippen LogP contribution in [0.25, 0.3) is 21.8 Å². The van der Waals surface area contributed by atoms with Crippen LogP contribution in [0.3, 0.4) is 0 Å². The van der Waals surface area contributed by atoms with Gasteiger partial charge in [0.05, 0.1) is 12.1 Å². The summed E-state index contributed by atoms with van der Waals surface area (Å²) in [5, 5.41) is 11.6. The third-order valence-electron chi connectivity index (χ3n) is 13.6. The van der Waals surface area contributed by atoms with Crippen molar-refractivity contribution in [2.75, 3.05) is 40.0 Å². The number of likely N-dealkylation sites (N-methyl/N-ethyl adjacent to an activating group) is 1. The molecule has 54 heavy (non-hydrogen) atoms. The first-order valence-corrected chi connectivity index (χ1v) is 20.5. The van der Waals surface area contributed by atoms with Crippen LogP contribution in [-0.4, -0.2) is 76.8 Å². The SMILES string of the molecule is CN(CC(=O)CC1CC1)C(=O)c1ccc2c(c1)c1c(n2C)CCC(C2CCOCC2)C1.Cn1c2c(c3cc(C(=O)O)ccc31)CC(C1CCOCC1)CC2. The average Bonchev–Trinajstić information content (AvgIpc) is 3.92. The van der Waals surface area contributed by atoms with Gasteiger partial charge in [0.2, 0.25) is 0 Å². The van der Waals surface area contributed by atoms with E-state index in [1.165, 1.54) is 71.9 Å². The Kier molecular flexibility index (Phi) is 10.7. The van der Waals surface area contributed by atoms with E-state index >= 15 is 0 Å². The van der Waals surface area contributed by atoms with Gasteiger partial charge < -0.3 is 28.6 Å². The summed E-state index contributed by atoms with van der Waals surface area (Å²) < 4.78 is 15.7. The van der Waals surface area contributed by atoms with Crippen LogP contribution in [-0.2, 0) is 54.0 Å². The molecule has 2 saturated heterocycles. The summed E-state index contributed by atoms with van der Waals surface area (Å²) in [5.74, 6) is 2.78. The molecule has 5 aliphatic rings. The van der Waals surface area contributed by atoms with Gasteiger partial charge in [-0.2, -0.15) is 0 Å². The number of carbonyl (C=O) groups excluding carboxylic acids is 2. The van der Waals surface area contributed by atoms with Crippen molar-refractivity contribution >= 4 is 39.5 Å². The number of carboxylic acid groups (broad SMARTS) is 1. The largest absolute Gasteiger partial charge is 0.478 e. The zero-order valence-corrected chi connectivity index (χ0v) is 32.4. The van der Waals surface area contributed by atoms with Crippen LogP contribution in [0.5, 0.6) is 0 Å². The molecule has 1 N–H and O–H groups in total. The fourth-order valence-electron chi connectivity index (χ4n) is 10.3. The van der Waals surface area contributed by atoms with Crippen molar-refractivity contribution in [1.29, 1.82) is 0 Å². The highest BCUT2D eigenvalue weighted by Gasteiger charge is 2.33. The van der Waals surface area contributed by atoms with Crippen LogP contribution in [0.1, 0.15) is 101 Å². The molecule has 2 unspecified atom stereocenters. The lowest BCUT2D eigenvalue weighted by Crippen LogP contribution is -2.32. The number of amides is 1. The Morgan fingerprint density at radius 1 is 0.685 bits per heavy atom. The summed E-state index contributed by atoms with van der Waals surface area (Å²) in [5.41, 5.74) is 9.08. The summed E-state index contributed by atoms with van der Waals surface area (Å²) in [6, 6.07) is 11.6. The second-order valence-electron chi connectivity index (χ2n) is 17.0. The standard InChI is InChI=1S/C26H34N2O3.C19H23NO3/c1-27(16-21(29)13-17-3-4-17)26(30)20-6-8-25-23(15-20)22-14-19(5-7-24(22)28(25)2)18-9-11-31-12-10-18;1-20-17-4-2-13(12-6-8-23-9-7-12)10-15(17)16-11-14(19(21)22)3-5-18(16)20/h6,8,15,17-19H,3-5,7,9-14,16H2,1-2H3;3,5,11-13H,2,4,6-10H2,1H3,(H,21,22). The number of aromatic nitrogens is 2. The van der Waals surface area contributed by atoms with E-state index in [9.17, 15) is 19.5 Å². The number of hydrogen-bond acceptors (Lipinski definition) is 5. The first kappa shape index (κ1) is 37.0. The molecular formula is C45H57N3O6. The van der Waals surface area contributed by atoms with Crippen LogP contribution in [0, 0.1) is 29.6 Å². The van der Waals surface area contributed by atoms with E-state index in [1.807, 2.05) is 18.2 Å². The first-order chi connectivity index (χ1) is 26.2. The number of rotatable bonds is 8. The number of ether oxygens (including phenoxy) is 2. The van der Waals surface area contributed by atoms with E-state index < -0.39 is 5.97 Å². The number of hydrogen-bond donors (Lipinski definition) is 1. The van der Waals surface area contributed by atoms with Crippen molar-refractivity contribution in [3.63, 3.8) is 0 Å². The predicted octanol–water partition coefficient (Wildman–Crippen LogP) is 7.56. The van der Waals surface area contributed by atoms with E-state index in [0.717, 1.165) is 87.7 Å². The first-order valence-electron chi connectivity index (χ1n) is 20.5. The fourth-order valence-corrected chi connectivity index (χ4v) is 10.3. The number of aromatic carboxylic acids is 1. The molecular weight excluding hydrogens is 679 g/mol. The molecule has 2 atom stereocenters. The van der Waals surface area contributed by atoms with Gasteiger partial charge >= 0.3 is 5.97 Å². The molecule has 288 valence electrons. The van der Waals surface area contributed by atoms with Crippen molar-refractivity contribution in [1.82, 2.24) is 14.0 Å². The molecule has 9 rings (SSSR count). The van der Waals surface area contributed by atoms with Gasteiger partial charge in [-0.15, -0.1) is 0 Å². The molecule has 0 spiro atoms. The van der Waals surface area contributed by atoms with Crippen LogP contribution < -0.4 is 0 Å². The van der Waals surface area contributed by atoms with Gasteiger partial charge in [-0.25, -0.2) is 4.79 Å². The maximum atomic E-state index is 13.1. The van der Waals surface area contributed by atoms with Gasteiger partial charge in [-0.05, 0) is 154 Å². The lowest BCUT2D eigenvalue weighted by Gasteiger charge is -2.33. The quantitative estimate of drug-likeness (QED) is 0.201. The van der Waals surface area contributed by atoms with Crippen LogP contribution >= 0.6 is 0 Å². The topological polar surface area (TPSA) is 103 Å². The zero-order chi connectivity index (χ0) is 37.5. The third-order valence-corrected chi connectivity index (χ3v) is 13.6. The van der Waals surface area contributed by atoms with E-state index in [1.54, 1.807) is 18.0 Å². The van der Waals surface area contributed by atoms with Gasteiger partial charge in [-0.1, -0.05) is 0 Å². The highest BCUT2D eigenvalue weighted by atomic mass is 16.5. The Hall–Kier alpha value is -3.95. The average molecular weight is 736 g/mol. The predicted molar refractivity (Wildman–Crippen MR) is 210 cm³/mol. The number of fused-ring (bicyclic) bond motifs is 6. The molecule has 4 aromatic rings. The molecule has 2 aromatic carbocycles. The smallest absolute Gasteiger partial charge is 0.335 e. The van der Waals surface area contributed by atoms with Crippen molar-refractivity contribution in [3.8, 4) is 0 Å². The Labute approximate surface area is 319 Å². The number of ketones is 1. The monoisotopic (exact) mass is 735 g/mol. The molecule has 2 aromatic heterocycles. The van der Waals surface area contributed by atoms with Crippen molar-refractivity contribution in [2.24, 2.45) is 43.7 Å². The minimum Gasteiger partial charge on any atom is -0.478 e. The number of benzene rings is 2. The molecule has 1 saturated carbocycles. The maximum absolute atomic E-state index is 13.1. The van der Waals surface area contributed by atoms with E-state index in [2.05, 4.69) is 35.4 Å². The van der Waals surface area contributed by atoms with Gasteiger partial charge in [0, 0.05) is 92.7 Å². The molecule has 0 bridgehead atoms. The molecule has 3 fully saturated rings. The number of aryl methyl sites for hydroxylation is 2. The molecule has 0 radical (unpaired) electrons. The molecule has 9 nitrogen and oxygen atoms in total. The van der Waals surface area contributed by atoms with Crippen LogP contribution in [0.4, 0.5) is 0 Å². The van der Waals surface area contributed by atoms with E-state index in [-0.39, 0.29) is 18.2 Å². The number of carbonyl (C=O) groups is 3. The summed E-state index contributed by atoms with van der Waals surface area (Å²) in [7, 11) is 6.01. The third kappa shape index (κ3) is 7.51. The summed E-state index contributed by atoms with van der Waals surface area (Å²) >= 11 is 0. The highest BCUT2D eigenvalue weighted by Crippen LogP contribution is 2.41. The summed E-state index contributed by atoms with van der Waals surface area (Å²) in [6.07, 6.45) is 14.5. The Bertz CT molecular complexity index is 2040. The van der Waals surface area contributed by atoms with Crippen molar-refractivity contribution in [2.45, 2.75) is 83.5 Å². The Balaban J connectivity index is 0.000000160. The molecule has 2 aliphatic heterocycles. The zero-order valence-electron chi connectivity index (χ0n) is 32.4. The molecule has 9 heteroatoms. The second-order valence-corrected chi connectivity index (χ2v) is 17.0. The number of carboxylic acids is 1. The van der Waals surface area contributed by atoms with Crippen LogP contribution in [0.2, 0.25) is 0 Å². The minimum absolute atomic E-state index is 0.0551. The summed E-state index contributed by atoms with van der Waals surface area (Å²) in [4.78, 5) is 38.2. The van der Waals surface area contributed by atoms with E-state index in [0.29, 0.717) is 35.3 Å². The molecule has 3 aliphatic carbocycles. The molecule has 1 amide bonds. The van der Waals surface area contributed by atoms with E-state index in [4.69, 9.17) is 9.47 Å². The Morgan fingerprint density at radius 3 is 1.65 bits per heavy atom. The van der Waals surface area contributed by atoms with Gasteiger partial charge in [0.1, 0.15) is 0 Å². The summed E-state index contributed by atoms with van der Waals surface area (Å²) in [6.45, 7) is 3.80. The van der Waals surface area contributed by atoms with Gasteiger partial charge in [0.25, 0.3) is 5.91 Å². The number of nitrogens with zero attached hydrogens (tertiary/aromatic N) is 3. The lowest BCUT2D eigenvalue weighted by molar-refractivity contribution is -0.119. The van der Waals surface area contributed by atoms with Gasteiger partial charge in [-0.3, -0.25) is 9.59 Å².